The number of carbonyl (C=O) groups excluding carboxylic acids is 1. The van der Waals surface area contributed by atoms with Crippen LogP contribution in [-0.4, -0.2) is 15.9 Å². The van der Waals surface area contributed by atoms with Crippen molar-refractivity contribution >= 4 is 28.3 Å². The molecular weight excluding hydrogens is 252 g/mol. The highest BCUT2D eigenvalue weighted by Gasteiger charge is 2.07. The molecule has 0 fully saturated rings. The Bertz CT molecular complexity index is 774. The summed E-state index contributed by atoms with van der Waals surface area (Å²) in [7, 11) is 0. The number of nitrogens with zero attached hydrogens (tertiary/aromatic N) is 1. The van der Waals surface area contributed by atoms with E-state index in [1.165, 1.54) is 0 Å². The second kappa shape index (κ2) is 4.70. The second-order valence-electron chi connectivity index (χ2n) is 4.63. The smallest absolute Gasteiger partial charge is 0.255 e. The van der Waals surface area contributed by atoms with Gasteiger partial charge in [-0.2, -0.15) is 0 Å². The fourth-order valence-corrected chi connectivity index (χ4v) is 2.05. The molecule has 0 aliphatic heterocycles. The van der Waals surface area contributed by atoms with Crippen LogP contribution in [0, 0.1) is 6.92 Å². The summed E-state index contributed by atoms with van der Waals surface area (Å²) in [4.78, 5) is 19.5. The molecule has 5 nitrogen and oxygen atoms in total. The first-order chi connectivity index (χ1) is 9.61. The minimum Gasteiger partial charge on any atom is -0.399 e. The largest absolute Gasteiger partial charge is 0.399 e. The number of benzene rings is 2. The SMILES string of the molecule is Cc1nc2ccc(NC(=O)c3ccc(N)cc3)cc2[nH]1. The monoisotopic (exact) mass is 266 g/mol. The molecule has 100 valence electrons. The molecule has 1 heterocycles. The minimum atomic E-state index is -0.166. The number of aromatic nitrogens is 2. The Labute approximate surface area is 115 Å². The van der Waals surface area contributed by atoms with E-state index in [-0.39, 0.29) is 5.91 Å². The molecule has 0 bridgehead atoms. The number of aryl methyl sites for hydroxylation is 1. The maximum absolute atomic E-state index is 12.1. The van der Waals surface area contributed by atoms with Crippen LogP contribution in [0.4, 0.5) is 11.4 Å². The van der Waals surface area contributed by atoms with Gasteiger partial charge in [-0.25, -0.2) is 4.98 Å². The molecule has 0 saturated heterocycles. The zero-order valence-corrected chi connectivity index (χ0v) is 11.0. The van der Waals surface area contributed by atoms with Crippen molar-refractivity contribution < 1.29 is 4.79 Å². The molecule has 0 aliphatic carbocycles. The Kier molecular flexibility index (Phi) is 2.87. The van der Waals surface area contributed by atoms with Gasteiger partial charge in [0.2, 0.25) is 0 Å². The van der Waals surface area contributed by atoms with Gasteiger partial charge in [0, 0.05) is 16.9 Å². The van der Waals surface area contributed by atoms with Crippen molar-refractivity contribution in [3.05, 3.63) is 53.9 Å². The number of nitrogens with one attached hydrogen (secondary N) is 2. The van der Waals surface area contributed by atoms with Crippen LogP contribution in [0.15, 0.2) is 42.5 Å². The van der Waals surface area contributed by atoms with E-state index < -0.39 is 0 Å². The third kappa shape index (κ3) is 2.33. The molecule has 1 aromatic heterocycles. The number of H-pyrrole nitrogens is 1. The zero-order valence-electron chi connectivity index (χ0n) is 11.0. The van der Waals surface area contributed by atoms with Gasteiger partial charge in [-0.3, -0.25) is 4.79 Å². The van der Waals surface area contributed by atoms with Gasteiger partial charge in [0.15, 0.2) is 0 Å². The van der Waals surface area contributed by atoms with Gasteiger partial charge in [0.05, 0.1) is 11.0 Å². The quantitative estimate of drug-likeness (QED) is 0.623. The molecule has 0 aliphatic rings. The summed E-state index contributed by atoms with van der Waals surface area (Å²) in [5.74, 6) is 0.683. The molecule has 2 aromatic carbocycles. The lowest BCUT2D eigenvalue weighted by Gasteiger charge is -2.05. The first kappa shape index (κ1) is 12.2. The van der Waals surface area contributed by atoms with Gasteiger partial charge in [0.1, 0.15) is 5.82 Å². The van der Waals surface area contributed by atoms with Crippen LogP contribution in [0.25, 0.3) is 11.0 Å². The molecule has 0 atom stereocenters. The second-order valence-corrected chi connectivity index (χ2v) is 4.63. The van der Waals surface area contributed by atoms with Crippen LogP contribution in [0.3, 0.4) is 0 Å². The maximum atomic E-state index is 12.1. The number of hydrogen-bond donors (Lipinski definition) is 3. The third-order valence-electron chi connectivity index (χ3n) is 3.03. The number of carbonyl (C=O) groups is 1. The van der Waals surface area contributed by atoms with Gasteiger partial charge < -0.3 is 16.0 Å². The van der Waals surface area contributed by atoms with Gasteiger partial charge in [0.25, 0.3) is 5.91 Å². The fraction of sp³-hybridized carbons (Fsp3) is 0.0667. The Morgan fingerprint density at radius 2 is 1.95 bits per heavy atom. The molecule has 0 saturated carbocycles. The number of nitrogens with two attached hydrogens (primary N) is 1. The number of imidazole rings is 1. The number of hydrogen-bond acceptors (Lipinski definition) is 3. The van der Waals surface area contributed by atoms with Gasteiger partial charge in [-0.15, -0.1) is 0 Å². The average Bonchev–Trinajstić information content (AvgIpc) is 2.78. The first-order valence-electron chi connectivity index (χ1n) is 6.25. The highest BCUT2D eigenvalue weighted by atomic mass is 16.1. The van der Waals surface area contributed by atoms with Crippen molar-refractivity contribution in [1.82, 2.24) is 9.97 Å². The van der Waals surface area contributed by atoms with Crippen LogP contribution in [0.1, 0.15) is 16.2 Å². The first-order valence-corrected chi connectivity index (χ1v) is 6.25. The lowest BCUT2D eigenvalue weighted by molar-refractivity contribution is 0.102. The Morgan fingerprint density at radius 3 is 2.70 bits per heavy atom. The van der Waals surface area contributed by atoms with Crippen molar-refractivity contribution in [1.29, 1.82) is 0 Å². The van der Waals surface area contributed by atoms with Crippen molar-refractivity contribution in [2.75, 3.05) is 11.1 Å². The predicted molar refractivity (Wildman–Crippen MR) is 79.6 cm³/mol. The summed E-state index contributed by atoms with van der Waals surface area (Å²) in [5.41, 5.74) is 9.31. The molecule has 20 heavy (non-hydrogen) atoms. The highest BCUT2D eigenvalue weighted by Crippen LogP contribution is 2.18. The fourth-order valence-electron chi connectivity index (χ4n) is 2.05. The summed E-state index contributed by atoms with van der Waals surface area (Å²) in [6, 6.07) is 12.4. The third-order valence-corrected chi connectivity index (χ3v) is 3.03. The number of fused-ring (bicyclic) bond motifs is 1. The molecule has 0 radical (unpaired) electrons. The van der Waals surface area contributed by atoms with Crippen molar-refractivity contribution in [3.8, 4) is 0 Å². The average molecular weight is 266 g/mol. The topological polar surface area (TPSA) is 83.8 Å². The Hall–Kier alpha value is -2.82. The van der Waals surface area contributed by atoms with E-state index in [2.05, 4.69) is 15.3 Å². The minimum absolute atomic E-state index is 0.166. The van der Waals surface area contributed by atoms with E-state index in [1.54, 1.807) is 24.3 Å². The van der Waals surface area contributed by atoms with Gasteiger partial charge in [-0.05, 0) is 49.4 Å². The number of nitrogen functional groups attached to an aromatic ring is 1. The van der Waals surface area contributed by atoms with E-state index in [9.17, 15) is 4.79 Å². The van der Waals surface area contributed by atoms with Crippen molar-refractivity contribution in [2.24, 2.45) is 0 Å². The molecule has 3 aromatic rings. The number of aromatic amines is 1. The Morgan fingerprint density at radius 1 is 1.20 bits per heavy atom. The predicted octanol–water partition coefficient (Wildman–Crippen LogP) is 2.71. The number of anilines is 2. The summed E-state index contributed by atoms with van der Waals surface area (Å²) < 4.78 is 0. The molecule has 0 spiro atoms. The summed E-state index contributed by atoms with van der Waals surface area (Å²) in [6.45, 7) is 1.90. The summed E-state index contributed by atoms with van der Waals surface area (Å²) in [6.07, 6.45) is 0. The van der Waals surface area contributed by atoms with E-state index in [0.29, 0.717) is 11.3 Å². The Balaban J connectivity index is 1.84. The molecule has 1 amide bonds. The van der Waals surface area contributed by atoms with E-state index in [4.69, 9.17) is 5.73 Å². The van der Waals surface area contributed by atoms with E-state index in [0.717, 1.165) is 22.5 Å². The number of rotatable bonds is 2. The lowest BCUT2D eigenvalue weighted by atomic mass is 10.2. The van der Waals surface area contributed by atoms with Crippen LogP contribution in [0.5, 0.6) is 0 Å². The molecule has 4 N–H and O–H groups in total. The summed E-state index contributed by atoms with van der Waals surface area (Å²) >= 11 is 0. The number of amides is 1. The van der Waals surface area contributed by atoms with Crippen LogP contribution in [0.2, 0.25) is 0 Å². The summed E-state index contributed by atoms with van der Waals surface area (Å²) in [5, 5.41) is 2.85. The van der Waals surface area contributed by atoms with Crippen molar-refractivity contribution in [3.63, 3.8) is 0 Å². The van der Waals surface area contributed by atoms with Crippen LogP contribution >= 0.6 is 0 Å². The molecule has 5 heteroatoms. The van der Waals surface area contributed by atoms with Gasteiger partial charge in [-0.1, -0.05) is 0 Å². The highest BCUT2D eigenvalue weighted by molar-refractivity contribution is 6.05. The zero-order chi connectivity index (χ0) is 14.1. The van der Waals surface area contributed by atoms with E-state index in [1.807, 2.05) is 25.1 Å². The standard InChI is InChI=1S/C15H14N4O/c1-9-17-13-7-6-12(8-14(13)18-9)19-15(20)10-2-4-11(16)5-3-10/h2-8H,16H2,1H3,(H,17,18)(H,19,20). The van der Waals surface area contributed by atoms with Crippen LogP contribution < -0.4 is 11.1 Å². The molecule has 0 unspecified atom stereocenters. The normalized spacial score (nSPS) is 10.7. The van der Waals surface area contributed by atoms with E-state index >= 15 is 0 Å². The van der Waals surface area contributed by atoms with Crippen LogP contribution in [-0.2, 0) is 0 Å². The van der Waals surface area contributed by atoms with Gasteiger partial charge >= 0.3 is 0 Å². The van der Waals surface area contributed by atoms with Crippen molar-refractivity contribution in [2.45, 2.75) is 6.92 Å². The molecule has 3 rings (SSSR count). The lowest BCUT2D eigenvalue weighted by Crippen LogP contribution is -2.11. The maximum Gasteiger partial charge on any atom is 0.255 e. The molecular formula is C15H14N4O.